The van der Waals surface area contributed by atoms with E-state index in [-0.39, 0.29) is 16.4 Å². The fraction of sp³-hybridized carbons (Fsp3) is 0.0476. The SMILES string of the molecule is C=C/C=C(\C=C)Nc1cc(=O)c2c(C)c(F)cnc2n1-c1ccccc1. The number of nitrogens with one attached hydrogen (secondary N) is 1. The molecule has 0 saturated carbocycles. The third kappa shape index (κ3) is 3.07. The number of aryl methyl sites for hydroxylation is 1. The molecule has 26 heavy (non-hydrogen) atoms. The third-order valence-electron chi connectivity index (χ3n) is 4.03. The average molecular weight is 347 g/mol. The molecule has 4 nitrogen and oxygen atoms in total. The number of para-hydroxylation sites is 1. The lowest BCUT2D eigenvalue weighted by Crippen LogP contribution is -2.16. The summed E-state index contributed by atoms with van der Waals surface area (Å²) in [4.78, 5) is 16.9. The van der Waals surface area contributed by atoms with Crippen molar-refractivity contribution in [1.29, 1.82) is 0 Å². The Balaban J connectivity index is 2.39. The topological polar surface area (TPSA) is 46.9 Å². The monoisotopic (exact) mass is 347 g/mol. The molecular weight excluding hydrogens is 329 g/mol. The second-order valence-electron chi connectivity index (χ2n) is 5.68. The van der Waals surface area contributed by atoms with Gasteiger partial charge in [0.15, 0.2) is 5.43 Å². The molecule has 0 radical (unpaired) electrons. The molecule has 0 spiro atoms. The van der Waals surface area contributed by atoms with Gasteiger partial charge in [0.25, 0.3) is 0 Å². The molecule has 0 aliphatic heterocycles. The molecule has 0 bridgehead atoms. The van der Waals surface area contributed by atoms with Crippen LogP contribution in [0.2, 0.25) is 0 Å². The molecule has 1 N–H and O–H groups in total. The van der Waals surface area contributed by atoms with Gasteiger partial charge in [-0.15, -0.1) is 0 Å². The van der Waals surface area contributed by atoms with Crippen molar-refractivity contribution < 1.29 is 4.39 Å². The van der Waals surface area contributed by atoms with Gasteiger partial charge in [0.1, 0.15) is 17.3 Å². The molecule has 0 aliphatic rings. The average Bonchev–Trinajstić information content (AvgIpc) is 2.65. The highest BCUT2D eigenvalue weighted by Crippen LogP contribution is 2.24. The molecular formula is C21H18FN3O. The van der Waals surface area contributed by atoms with Gasteiger partial charge in [0.05, 0.1) is 11.6 Å². The summed E-state index contributed by atoms with van der Waals surface area (Å²) in [5.41, 5.74) is 1.82. The third-order valence-corrected chi connectivity index (χ3v) is 4.03. The van der Waals surface area contributed by atoms with E-state index in [1.54, 1.807) is 29.7 Å². The summed E-state index contributed by atoms with van der Waals surface area (Å²) in [6, 6.07) is 10.9. The van der Waals surface area contributed by atoms with Gasteiger partial charge >= 0.3 is 0 Å². The number of rotatable bonds is 5. The van der Waals surface area contributed by atoms with Gasteiger partial charge in [-0.1, -0.05) is 37.4 Å². The number of nitrogens with zero attached hydrogens (tertiary/aromatic N) is 2. The smallest absolute Gasteiger partial charge is 0.193 e. The second-order valence-corrected chi connectivity index (χ2v) is 5.68. The first-order chi connectivity index (χ1) is 12.6. The van der Waals surface area contributed by atoms with Gasteiger partial charge in [-0.2, -0.15) is 0 Å². The highest BCUT2D eigenvalue weighted by atomic mass is 19.1. The zero-order valence-corrected chi connectivity index (χ0v) is 14.4. The Kier molecular flexibility index (Phi) is 4.80. The molecule has 130 valence electrons. The highest BCUT2D eigenvalue weighted by Gasteiger charge is 2.16. The van der Waals surface area contributed by atoms with E-state index in [0.29, 0.717) is 17.2 Å². The Hall–Kier alpha value is -3.47. The number of halogens is 1. The van der Waals surface area contributed by atoms with E-state index in [9.17, 15) is 9.18 Å². The zero-order chi connectivity index (χ0) is 18.7. The first-order valence-corrected chi connectivity index (χ1v) is 8.05. The number of aromatic nitrogens is 2. The van der Waals surface area contributed by atoms with Gasteiger partial charge < -0.3 is 5.32 Å². The Morgan fingerprint density at radius 3 is 2.65 bits per heavy atom. The Morgan fingerprint density at radius 2 is 2.00 bits per heavy atom. The maximum Gasteiger partial charge on any atom is 0.193 e. The normalized spacial score (nSPS) is 11.4. The summed E-state index contributed by atoms with van der Waals surface area (Å²) in [5.74, 6) is -0.00605. The molecule has 0 aliphatic carbocycles. The quantitative estimate of drug-likeness (QED) is 0.691. The number of allylic oxidation sites excluding steroid dienone is 3. The molecule has 3 rings (SSSR count). The van der Waals surface area contributed by atoms with Crippen LogP contribution < -0.4 is 10.7 Å². The first kappa shape index (κ1) is 17.4. The van der Waals surface area contributed by atoms with E-state index in [1.807, 2.05) is 30.3 Å². The van der Waals surface area contributed by atoms with Gasteiger partial charge in [0.2, 0.25) is 0 Å². The van der Waals surface area contributed by atoms with Crippen LogP contribution in [0.1, 0.15) is 5.56 Å². The Morgan fingerprint density at radius 1 is 1.27 bits per heavy atom. The van der Waals surface area contributed by atoms with E-state index < -0.39 is 5.82 Å². The first-order valence-electron chi connectivity index (χ1n) is 8.05. The van der Waals surface area contributed by atoms with Crippen LogP contribution in [-0.2, 0) is 0 Å². The van der Waals surface area contributed by atoms with Crippen LogP contribution in [-0.4, -0.2) is 9.55 Å². The van der Waals surface area contributed by atoms with Gasteiger partial charge in [-0.25, -0.2) is 9.37 Å². The molecule has 0 unspecified atom stereocenters. The van der Waals surface area contributed by atoms with E-state index in [2.05, 4.69) is 23.5 Å². The van der Waals surface area contributed by atoms with Crippen molar-refractivity contribution in [1.82, 2.24) is 9.55 Å². The molecule has 0 atom stereocenters. The van der Waals surface area contributed by atoms with Crippen LogP contribution in [0.3, 0.4) is 0 Å². The lowest BCUT2D eigenvalue weighted by atomic mass is 10.1. The van der Waals surface area contributed by atoms with Crippen molar-refractivity contribution in [2.45, 2.75) is 6.92 Å². The van der Waals surface area contributed by atoms with Gasteiger partial charge in [-0.05, 0) is 31.2 Å². The van der Waals surface area contributed by atoms with Crippen molar-refractivity contribution >= 4 is 16.9 Å². The summed E-state index contributed by atoms with van der Waals surface area (Å²) in [5, 5.41) is 3.42. The number of anilines is 1. The molecule has 0 amide bonds. The van der Waals surface area contributed by atoms with Crippen LogP contribution in [0.4, 0.5) is 10.2 Å². The molecule has 0 saturated heterocycles. The predicted molar refractivity (Wildman–Crippen MR) is 104 cm³/mol. The summed E-state index contributed by atoms with van der Waals surface area (Å²) in [6.07, 6.45) is 6.11. The maximum absolute atomic E-state index is 14.0. The van der Waals surface area contributed by atoms with Crippen LogP contribution in [0.15, 0.2) is 84.5 Å². The van der Waals surface area contributed by atoms with E-state index in [1.165, 1.54) is 6.07 Å². The molecule has 3 aromatic rings. The summed E-state index contributed by atoms with van der Waals surface area (Å²) in [7, 11) is 0. The fourth-order valence-corrected chi connectivity index (χ4v) is 2.77. The fourth-order valence-electron chi connectivity index (χ4n) is 2.77. The molecule has 2 aromatic heterocycles. The van der Waals surface area contributed by atoms with Crippen molar-refractivity contribution in [3.8, 4) is 5.69 Å². The van der Waals surface area contributed by atoms with E-state index in [0.717, 1.165) is 11.9 Å². The number of fused-ring (bicyclic) bond motifs is 1. The number of hydrogen-bond acceptors (Lipinski definition) is 3. The van der Waals surface area contributed by atoms with Crippen molar-refractivity contribution in [2.24, 2.45) is 0 Å². The number of benzene rings is 1. The van der Waals surface area contributed by atoms with Crippen LogP contribution in [0, 0.1) is 12.7 Å². The van der Waals surface area contributed by atoms with Crippen molar-refractivity contribution in [3.05, 3.63) is 101 Å². The summed E-state index contributed by atoms with van der Waals surface area (Å²) >= 11 is 0. The lowest BCUT2D eigenvalue weighted by Gasteiger charge is -2.18. The van der Waals surface area contributed by atoms with Crippen molar-refractivity contribution in [2.75, 3.05) is 5.32 Å². The van der Waals surface area contributed by atoms with E-state index >= 15 is 0 Å². The molecule has 1 aromatic carbocycles. The zero-order valence-electron chi connectivity index (χ0n) is 14.4. The van der Waals surface area contributed by atoms with Crippen LogP contribution >= 0.6 is 0 Å². The maximum atomic E-state index is 14.0. The minimum Gasteiger partial charge on any atom is -0.341 e. The van der Waals surface area contributed by atoms with Crippen molar-refractivity contribution in [3.63, 3.8) is 0 Å². The largest absolute Gasteiger partial charge is 0.341 e. The predicted octanol–water partition coefficient (Wildman–Crippen LogP) is 4.50. The second kappa shape index (κ2) is 7.19. The minimum atomic E-state index is -0.506. The Labute approximate surface area is 150 Å². The van der Waals surface area contributed by atoms with Crippen LogP contribution in [0.25, 0.3) is 16.7 Å². The summed E-state index contributed by atoms with van der Waals surface area (Å²) < 4.78 is 15.8. The summed E-state index contributed by atoms with van der Waals surface area (Å²) in [6.45, 7) is 9.01. The van der Waals surface area contributed by atoms with Gasteiger partial charge in [0, 0.05) is 23.0 Å². The van der Waals surface area contributed by atoms with E-state index in [4.69, 9.17) is 0 Å². The Bertz CT molecular complexity index is 1080. The van der Waals surface area contributed by atoms with Crippen LogP contribution in [0.5, 0.6) is 0 Å². The highest BCUT2D eigenvalue weighted by molar-refractivity contribution is 5.83. The minimum absolute atomic E-state index is 0.257. The standard InChI is InChI=1S/C21H18FN3O/c1-4-9-15(5-2)24-19-12-18(26)20-14(3)17(22)13-23-21(20)25(19)16-10-7-6-8-11-16/h4-13,24H,1-2H2,3H3/b15-9+. The molecule has 5 heteroatoms. The number of hydrogen-bond donors (Lipinski definition) is 1. The van der Waals surface area contributed by atoms with Gasteiger partial charge in [-0.3, -0.25) is 9.36 Å². The molecule has 0 fully saturated rings. The number of pyridine rings is 2. The lowest BCUT2D eigenvalue weighted by molar-refractivity contribution is 0.614. The molecule has 2 heterocycles.